The molecule has 0 radical (unpaired) electrons. The first-order valence-electron chi connectivity index (χ1n) is 9.47. The van der Waals surface area contributed by atoms with E-state index in [2.05, 4.69) is 98.3 Å². The lowest BCUT2D eigenvalue weighted by molar-refractivity contribution is 0.387. The Kier molecular flexibility index (Phi) is 5.46. The van der Waals surface area contributed by atoms with Crippen molar-refractivity contribution >= 4 is 79.9 Å². The first-order valence-corrected chi connectivity index (χ1v) is 13.2. The van der Waals surface area contributed by atoms with Gasteiger partial charge in [-0.3, -0.25) is 4.57 Å². The Labute approximate surface area is 206 Å². The highest BCUT2D eigenvalue weighted by molar-refractivity contribution is 14.1. The topological polar surface area (TPSA) is 62.5 Å². The van der Waals surface area contributed by atoms with Crippen LogP contribution in [0.3, 0.4) is 0 Å². The molecule has 2 N–H and O–H groups in total. The van der Waals surface area contributed by atoms with Crippen molar-refractivity contribution in [1.82, 2.24) is 4.57 Å². The smallest absolute Gasteiger partial charge is 0.321 e. The van der Waals surface area contributed by atoms with E-state index in [1.807, 2.05) is 18.2 Å². The minimum Gasteiger partial charge on any atom is -0.321 e. The lowest BCUT2D eigenvalue weighted by atomic mass is 10.1. The molecular weight excluding hydrogens is 635 g/mol. The summed E-state index contributed by atoms with van der Waals surface area (Å²) in [5, 5.41) is 2.41. The van der Waals surface area contributed by atoms with Crippen molar-refractivity contribution in [2.75, 3.05) is 0 Å². The number of hydrogen-bond acceptors (Lipinski definition) is 1. The molecule has 0 fully saturated rings. The summed E-state index contributed by atoms with van der Waals surface area (Å²) in [5.41, 5.74) is 4.93. The fraction of sp³-hybridized carbons (Fsp3) is 0. The second kappa shape index (κ2) is 8.01. The van der Waals surface area contributed by atoms with Gasteiger partial charge in [-0.05, 0) is 105 Å². The highest BCUT2D eigenvalue weighted by Gasteiger charge is 2.18. The largest absolute Gasteiger partial charge is 0.356 e. The molecule has 1 aromatic heterocycles. The van der Waals surface area contributed by atoms with Crippen LogP contribution < -0.4 is 5.30 Å². The average Bonchev–Trinajstić information content (AvgIpc) is 3.05. The molecule has 31 heavy (non-hydrogen) atoms. The zero-order valence-corrected chi connectivity index (χ0v) is 21.2. The first-order chi connectivity index (χ1) is 14.8. The SMILES string of the molecule is O=P(O)(O)c1cccc(-c2cccc(-n3c4cc(I)ccc4c4ccc(I)cc43)c2)c1. The van der Waals surface area contributed by atoms with Crippen LogP contribution >= 0.6 is 52.8 Å². The van der Waals surface area contributed by atoms with Gasteiger partial charge in [0.1, 0.15) is 0 Å². The molecule has 0 saturated heterocycles. The molecule has 154 valence electrons. The molecule has 0 atom stereocenters. The van der Waals surface area contributed by atoms with E-state index in [9.17, 15) is 14.4 Å². The number of halogens is 2. The highest BCUT2D eigenvalue weighted by atomic mass is 127. The van der Waals surface area contributed by atoms with E-state index >= 15 is 0 Å². The minimum atomic E-state index is -4.31. The molecule has 0 bridgehead atoms. The number of rotatable bonds is 3. The van der Waals surface area contributed by atoms with Crippen LogP contribution in [-0.2, 0) is 4.57 Å². The molecule has 5 aromatic rings. The van der Waals surface area contributed by atoms with E-state index < -0.39 is 7.60 Å². The average molecular weight is 651 g/mol. The predicted molar refractivity (Wildman–Crippen MR) is 143 cm³/mol. The van der Waals surface area contributed by atoms with Crippen molar-refractivity contribution < 1.29 is 14.4 Å². The number of fused-ring (bicyclic) bond motifs is 3. The summed E-state index contributed by atoms with van der Waals surface area (Å²) in [7, 11) is -4.31. The summed E-state index contributed by atoms with van der Waals surface area (Å²) in [6.07, 6.45) is 0. The number of hydrogen-bond donors (Lipinski definition) is 2. The van der Waals surface area contributed by atoms with Gasteiger partial charge in [-0.1, -0.05) is 36.4 Å². The quantitative estimate of drug-likeness (QED) is 0.174. The van der Waals surface area contributed by atoms with Crippen molar-refractivity contribution in [2.24, 2.45) is 0 Å². The summed E-state index contributed by atoms with van der Waals surface area (Å²) >= 11 is 4.67. The summed E-state index contributed by atoms with van der Waals surface area (Å²) in [4.78, 5) is 19.1. The van der Waals surface area contributed by atoms with Gasteiger partial charge in [0.2, 0.25) is 0 Å². The van der Waals surface area contributed by atoms with Crippen LogP contribution in [0.4, 0.5) is 0 Å². The van der Waals surface area contributed by atoms with Crippen LogP contribution in [0.15, 0.2) is 84.9 Å². The van der Waals surface area contributed by atoms with Crippen LogP contribution in [0.1, 0.15) is 0 Å². The van der Waals surface area contributed by atoms with Gasteiger partial charge < -0.3 is 14.4 Å². The molecule has 0 amide bonds. The highest BCUT2D eigenvalue weighted by Crippen LogP contribution is 2.36. The van der Waals surface area contributed by atoms with Gasteiger partial charge in [-0.2, -0.15) is 0 Å². The van der Waals surface area contributed by atoms with Gasteiger partial charge in [0.15, 0.2) is 0 Å². The van der Waals surface area contributed by atoms with Crippen molar-refractivity contribution in [3.8, 4) is 16.8 Å². The van der Waals surface area contributed by atoms with Gasteiger partial charge in [-0.25, -0.2) is 0 Å². The van der Waals surface area contributed by atoms with E-state index in [1.165, 1.54) is 16.8 Å². The fourth-order valence-electron chi connectivity index (χ4n) is 3.93. The molecule has 7 heteroatoms. The second-order valence-corrected chi connectivity index (χ2v) is 11.4. The van der Waals surface area contributed by atoms with E-state index in [-0.39, 0.29) is 5.30 Å². The maximum atomic E-state index is 11.7. The lowest BCUT2D eigenvalue weighted by Gasteiger charge is -2.12. The third-order valence-electron chi connectivity index (χ3n) is 5.31. The lowest BCUT2D eigenvalue weighted by Crippen LogP contribution is -2.03. The van der Waals surface area contributed by atoms with E-state index in [0.29, 0.717) is 0 Å². The molecule has 1 heterocycles. The summed E-state index contributed by atoms with van der Waals surface area (Å²) in [6.45, 7) is 0. The molecule has 4 aromatic carbocycles. The van der Waals surface area contributed by atoms with E-state index in [1.54, 1.807) is 12.1 Å². The van der Waals surface area contributed by atoms with Crippen molar-refractivity contribution in [3.05, 3.63) is 92.1 Å². The molecule has 0 aliphatic heterocycles. The maximum absolute atomic E-state index is 11.7. The third kappa shape index (κ3) is 3.96. The molecule has 5 rings (SSSR count). The summed E-state index contributed by atoms with van der Waals surface area (Å²) in [5.74, 6) is 0. The molecule has 0 aliphatic rings. The molecule has 0 unspecified atom stereocenters. The third-order valence-corrected chi connectivity index (χ3v) is 7.60. The van der Waals surface area contributed by atoms with Gasteiger partial charge in [0.25, 0.3) is 0 Å². The standard InChI is InChI=1S/C24H16I2NO3P/c25-17-7-9-21-22-10-8-18(26)14-24(22)27(23(21)13-17)19-5-1-3-15(11-19)16-4-2-6-20(12-16)31(28,29)30/h1-14H,(H2,28,29,30). The monoisotopic (exact) mass is 651 g/mol. The zero-order chi connectivity index (χ0) is 21.8. The maximum Gasteiger partial charge on any atom is 0.356 e. The Hall–Kier alpha value is -1.71. The van der Waals surface area contributed by atoms with Crippen molar-refractivity contribution in [1.29, 1.82) is 0 Å². The fourth-order valence-corrected chi connectivity index (χ4v) is 5.47. The van der Waals surface area contributed by atoms with Crippen LogP contribution in [0.25, 0.3) is 38.6 Å². The van der Waals surface area contributed by atoms with Gasteiger partial charge in [-0.15, -0.1) is 0 Å². The summed E-state index contributed by atoms with van der Waals surface area (Å²) in [6, 6.07) is 27.6. The first kappa shape index (κ1) is 21.2. The number of aromatic nitrogens is 1. The van der Waals surface area contributed by atoms with Gasteiger partial charge in [0, 0.05) is 23.6 Å². The van der Waals surface area contributed by atoms with Crippen LogP contribution in [0.2, 0.25) is 0 Å². The van der Waals surface area contributed by atoms with Gasteiger partial charge in [0.05, 0.1) is 16.3 Å². The number of nitrogens with zero attached hydrogens (tertiary/aromatic N) is 1. The van der Waals surface area contributed by atoms with Gasteiger partial charge >= 0.3 is 7.60 Å². The zero-order valence-electron chi connectivity index (χ0n) is 16.0. The normalized spacial score (nSPS) is 12.0. The molecule has 4 nitrogen and oxygen atoms in total. The number of benzene rings is 4. The Morgan fingerprint density at radius 2 is 1.23 bits per heavy atom. The summed E-state index contributed by atoms with van der Waals surface area (Å²) < 4.78 is 16.3. The molecule has 0 saturated carbocycles. The Bertz CT molecular complexity index is 1460. The van der Waals surface area contributed by atoms with Crippen LogP contribution in [0.5, 0.6) is 0 Å². The van der Waals surface area contributed by atoms with E-state index in [4.69, 9.17) is 0 Å². The molecule has 0 spiro atoms. The Morgan fingerprint density at radius 1 is 0.677 bits per heavy atom. The molecular formula is C24H16I2NO3P. The second-order valence-electron chi connectivity index (χ2n) is 7.30. The molecule has 0 aliphatic carbocycles. The van der Waals surface area contributed by atoms with Crippen molar-refractivity contribution in [2.45, 2.75) is 0 Å². The van der Waals surface area contributed by atoms with Crippen molar-refractivity contribution in [3.63, 3.8) is 0 Å². The predicted octanol–water partition coefficient (Wildman–Crippen LogP) is 6.46. The Balaban J connectivity index is 1.76. The minimum absolute atomic E-state index is 0.0244. The van der Waals surface area contributed by atoms with E-state index in [0.717, 1.165) is 35.0 Å². The Morgan fingerprint density at radius 3 is 1.81 bits per heavy atom. The van der Waals surface area contributed by atoms with Crippen LogP contribution in [-0.4, -0.2) is 14.4 Å². The van der Waals surface area contributed by atoms with Crippen LogP contribution in [0, 0.1) is 7.14 Å².